The number of rotatable bonds is 7. The van der Waals surface area contributed by atoms with Crippen molar-refractivity contribution in [3.05, 3.63) is 107 Å². The molecule has 5 rings (SSSR count). The molecular weight excluding hydrogens is 528 g/mol. The lowest BCUT2D eigenvalue weighted by Gasteiger charge is -2.34. The maximum atomic E-state index is 13.1. The lowest BCUT2D eigenvalue weighted by atomic mass is 9.92. The number of benzene rings is 3. The molecule has 1 aromatic heterocycles. The van der Waals surface area contributed by atoms with Gasteiger partial charge in [0.25, 0.3) is 0 Å². The highest BCUT2D eigenvalue weighted by Crippen LogP contribution is 2.27. The molecule has 9 heteroatoms. The summed E-state index contributed by atoms with van der Waals surface area (Å²) in [5.74, 6) is 0.403. The summed E-state index contributed by atoms with van der Waals surface area (Å²) < 4.78 is 1.74. The zero-order valence-electron chi connectivity index (χ0n) is 24.4. The van der Waals surface area contributed by atoms with Crippen molar-refractivity contribution in [1.29, 1.82) is 0 Å². The van der Waals surface area contributed by atoms with Crippen molar-refractivity contribution in [3.63, 3.8) is 0 Å². The number of nitrogens with zero attached hydrogens (tertiary/aromatic N) is 4. The Kier molecular flexibility index (Phi) is 8.10. The molecule has 0 atom stereocenters. The summed E-state index contributed by atoms with van der Waals surface area (Å²) in [6, 6.07) is 26.0. The van der Waals surface area contributed by atoms with E-state index < -0.39 is 6.03 Å². The average Bonchev–Trinajstić information content (AvgIpc) is 3.39. The maximum absolute atomic E-state index is 13.1. The summed E-state index contributed by atoms with van der Waals surface area (Å²) >= 11 is 0. The minimum atomic E-state index is -0.391. The van der Waals surface area contributed by atoms with E-state index in [4.69, 9.17) is 5.10 Å². The largest absolute Gasteiger partial charge is 0.327 e. The molecule has 2 heterocycles. The molecule has 0 saturated carbocycles. The lowest BCUT2D eigenvalue weighted by Crippen LogP contribution is -2.51. The van der Waals surface area contributed by atoms with Crippen LogP contribution in [-0.4, -0.2) is 44.1 Å². The first-order chi connectivity index (χ1) is 20.1. The van der Waals surface area contributed by atoms with Crippen molar-refractivity contribution >= 4 is 29.5 Å². The number of hydrogen-bond donors (Lipinski definition) is 2. The van der Waals surface area contributed by atoms with Crippen LogP contribution in [0.1, 0.15) is 49.6 Å². The van der Waals surface area contributed by atoms with Crippen LogP contribution in [0, 0.1) is 6.92 Å². The number of amides is 5. The smallest absolute Gasteiger partial charge is 0.319 e. The van der Waals surface area contributed by atoms with Crippen LogP contribution in [0.3, 0.4) is 0 Å². The van der Waals surface area contributed by atoms with Gasteiger partial charge in [0.15, 0.2) is 0 Å². The van der Waals surface area contributed by atoms with Gasteiger partial charge in [-0.15, -0.1) is 0 Å². The minimum Gasteiger partial charge on any atom is -0.319 e. The number of anilines is 2. The van der Waals surface area contributed by atoms with E-state index in [1.54, 1.807) is 21.7 Å². The predicted molar refractivity (Wildman–Crippen MR) is 163 cm³/mol. The van der Waals surface area contributed by atoms with Crippen molar-refractivity contribution in [2.75, 3.05) is 17.2 Å². The molecule has 42 heavy (non-hydrogen) atoms. The summed E-state index contributed by atoms with van der Waals surface area (Å²) in [5, 5.41) is 10.6. The predicted octanol–water partition coefficient (Wildman–Crippen LogP) is 6.48. The van der Waals surface area contributed by atoms with E-state index in [-0.39, 0.29) is 30.3 Å². The summed E-state index contributed by atoms with van der Waals surface area (Å²) in [4.78, 5) is 41.6. The van der Waals surface area contributed by atoms with Crippen LogP contribution < -0.4 is 10.6 Å². The van der Waals surface area contributed by atoms with Gasteiger partial charge in [0.1, 0.15) is 5.82 Å². The summed E-state index contributed by atoms with van der Waals surface area (Å²) in [7, 11) is 0. The normalized spacial score (nSPS) is 13.8. The highest BCUT2D eigenvalue weighted by molar-refractivity contribution is 5.99. The van der Waals surface area contributed by atoms with Crippen LogP contribution in [0.25, 0.3) is 5.69 Å². The quantitative estimate of drug-likeness (QED) is 0.268. The van der Waals surface area contributed by atoms with E-state index in [1.807, 2.05) is 79.7 Å². The first-order valence-electron chi connectivity index (χ1n) is 14.0. The molecule has 4 aromatic rings. The van der Waals surface area contributed by atoms with Gasteiger partial charge in [0, 0.05) is 36.7 Å². The van der Waals surface area contributed by atoms with E-state index in [1.165, 1.54) is 4.90 Å². The number of aryl methyl sites for hydroxylation is 1. The number of aromatic nitrogens is 2. The van der Waals surface area contributed by atoms with Gasteiger partial charge in [-0.3, -0.25) is 15.0 Å². The number of imide groups is 1. The monoisotopic (exact) mass is 564 g/mol. The summed E-state index contributed by atoms with van der Waals surface area (Å²) in [5.41, 5.74) is 5.08. The molecule has 9 nitrogen and oxygen atoms in total. The number of urea groups is 2. The van der Waals surface area contributed by atoms with E-state index >= 15 is 0 Å². The van der Waals surface area contributed by atoms with Crippen LogP contribution in [0.15, 0.2) is 84.9 Å². The number of hydrogen-bond acceptors (Lipinski definition) is 4. The first-order valence-corrected chi connectivity index (χ1v) is 14.0. The standard InChI is InChI=1S/C33H36N6O3/c1-23-10-16-27(17-11-23)39-29(20-28(36-39)33(2,3)4)35-31(41)34-26-14-12-25(13-15-26)21-37-19-18-30(40)38(32(37)42)22-24-8-6-5-7-9-24/h5-17,20H,18-19,21-22H2,1-4H3,(H2,34,35,41). The number of nitrogens with one attached hydrogen (secondary N) is 2. The fraction of sp³-hybridized carbons (Fsp3) is 0.273. The second-order valence-electron chi connectivity index (χ2n) is 11.6. The molecule has 0 bridgehead atoms. The third kappa shape index (κ3) is 6.68. The molecule has 216 valence electrons. The van der Waals surface area contributed by atoms with Gasteiger partial charge in [-0.1, -0.05) is 80.9 Å². The summed E-state index contributed by atoms with van der Waals surface area (Å²) in [6.45, 7) is 9.26. The van der Waals surface area contributed by atoms with Gasteiger partial charge < -0.3 is 10.2 Å². The average molecular weight is 565 g/mol. The molecule has 0 spiro atoms. The van der Waals surface area contributed by atoms with Gasteiger partial charge in [-0.2, -0.15) is 5.10 Å². The minimum absolute atomic E-state index is 0.163. The van der Waals surface area contributed by atoms with E-state index in [0.29, 0.717) is 24.6 Å². The molecule has 5 amide bonds. The molecule has 0 aliphatic carbocycles. The van der Waals surface area contributed by atoms with Gasteiger partial charge in [0.05, 0.1) is 17.9 Å². The molecular formula is C33H36N6O3. The summed E-state index contributed by atoms with van der Waals surface area (Å²) in [6.07, 6.45) is 0.286. The van der Waals surface area contributed by atoms with Crippen molar-refractivity contribution < 1.29 is 14.4 Å². The number of carbonyl (C=O) groups excluding carboxylic acids is 3. The second kappa shape index (κ2) is 11.9. The van der Waals surface area contributed by atoms with Crippen LogP contribution >= 0.6 is 0 Å². The van der Waals surface area contributed by atoms with Crippen LogP contribution in [0.5, 0.6) is 0 Å². The van der Waals surface area contributed by atoms with Crippen LogP contribution in [0.2, 0.25) is 0 Å². The van der Waals surface area contributed by atoms with E-state index in [2.05, 4.69) is 31.4 Å². The first kappa shape index (κ1) is 28.6. The van der Waals surface area contributed by atoms with Gasteiger partial charge in [-0.25, -0.2) is 14.3 Å². The molecule has 0 unspecified atom stereocenters. The topological polar surface area (TPSA) is 99.6 Å². The van der Waals surface area contributed by atoms with Gasteiger partial charge >= 0.3 is 12.1 Å². The fourth-order valence-electron chi connectivity index (χ4n) is 4.72. The number of carbonyl (C=O) groups is 3. The van der Waals surface area contributed by atoms with E-state index in [9.17, 15) is 14.4 Å². The third-order valence-electron chi connectivity index (χ3n) is 7.16. The Balaban J connectivity index is 1.23. The zero-order valence-corrected chi connectivity index (χ0v) is 24.4. The third-order valence-corrected chi connectivity index (χ3v) is 7.16. The highest BCUT2D eigenvalue weighted by atomic mass is 16.2. The molecule has 1 saturated heterocycles. The SMILES string of the molecule is Cc1ccc(-n2nc(C(C)(C)C)cc2NC(=O)Nc2ccc(CN3CCC(=O)N(Cc4ccccc4)C3=O)cc2)cc1. The van der Waals surface area contributed by atoms with Crippen LogP contribution in [0.4, 0.5) is 21.1 Å². The molecule has 1 fully saturated rings. The Morgan fingerprint density at radius 3 is 2.19 bits per heavy atom. The Morgan fingerprint density at radius 2 is 1.52 bits per heavy atom. The van der Waals surface area contributed by atoms with Crippen molar-refractivity contribution in [2.45, 2.75) is 52.6 Å². The zero-order chi connectivity index (χ0) is 29.9. The molecule has 0 radical (unpaired) electrons. The molecule has 1 aliphatic rings. The van der Waals surface area contributed by atoms with E-state index in [0.717, 1.165) is 28.1 Å². The molecule has 3 aromatic carbocycles. The van der Waals surface area contributed by atoms with Crippen molar-refractivity contribution in [2.24, 2.45) is 0 Å². The molecule has 1 aliphatic heterocycles. The van der Waals surface area contributed by atoms with Gasteiger partial charge in [-0.05, 0) is 42.3 Å². The fourth-order valence-corrected chi connectivity index (χ4v) is 4.72. The van der Waals surface area contributed by atoms with Gasteiger partial charge in [0.2, 0.25) is 5.91 Å². The maximum Gasteiger partial charge on any atom is 0.327 e. The highest BCUT2D eigenvalue weighted by Gasteiger charge is 2.32. The Labute approximate surface area is 246 Å². The second-order valence-corrected chi connectivity index (χ2v) is 11.6. The van der Waals surface area contributed by atoms with Crippen molar-refractivity contribution in [1.82, 2.24) is 19.6 Å². The molecule has 2 N–H and O–H groups in total. The Bertz CT molecular complexity index is 1570. The van der Waals surface area contributed by atoms with Crippen LogP contribution in [-0.2, 0) is 23.3 Å². The lowest BCUT2D eigenvalue weighted by molar-refractivity contribution is -0.131. The van der Waals surface area contributed by atoms with Crippen molar-refractivity contribution in [3.8, 4) is 5.69 Å². The Morgan fingerprint density at radius 1 is 0.857 bits per heavy atom. The Hall–Kier alpha value is -4.92.